The molecule has 1 N–H and O–H groups in total. The van der Waals surface area contributed by atoms with Crippen LogP contribution in [0.1, 0.15) is 49.9 Å². The molecule has 0 aromatic heterocycles. The molecule has 1 aromatic carbocycles. The van der Waals surface area contributed by atoms with Gasteiger partial charge >= 0.3 is 0 Å². The lowest BCUT2D eigenvalue weighted by Crippen LogP contribution is -2.41. The molecule has 0 aliphatic carbocycles. The second-order valence-corrected chi connectivity index (χ2v) is 5.74. The van der Waals surface area contributed by atoms with E-state index < -0.39 is 0 Å². The van der Waals surface area contributed by atoms with Gasteiger partial charge in [0.2, 0.25) is 5.91 Å². The van der Waals surface area contributed by atoms with E-state index in [0.717, 1.165) is 31.6 Å². The highest BCUT2D eigenvalue weighted by atomic mass is 16.2. The van der Waals surface area contributed by atoms with Gasteiger partial charge in [-0.2, -0.15) is 0 Å². The molecule has 1 aliphatic heterocycles. The third-order valence-corrected chi connectivity index (χ3v) is 3.94. The number of likely N-dealkylation sites (tertiary alicyclic amines) is 1. The number of nitrogens with zero attached hydrogens (tertiary/aromatic N) is 1. The Morgan fingerprint density at radius 2 is 1.81 bits per heavy atom. The number of carbonyl (C=O) groups excluding carboxylic acids is 2. The number of anilines is 1. The number of nitrogens with one attached hydrogen (secondary N) is 1. The summed E-state index contributed by atoms with van der Waals surface area (Å²) >= 11 is 0. The van der Waals surface area contributed by atoms with E-state index in [1.807, 2.05) is 24.0 Å². The van der Waals surface area contributed by atoms with Crippen molar-refractivity contribution in [2.45, 2.75) is 45.6 Å². The van der Waals surface area contributed by atoms with Crippen molar-refractivity contribution in [3.63, 3.8) is 0 Å². The molecule has 0 radical (unpaired) electrons. The Hall–Kier alpha value is -1.84. The third-order valence-electron chi connectivity index (χ3n) is 3.94. The van der Waals surface area contributed by atoms with E-state index in [4.69, 9.17) is 0 Å². The van der Waals surface area contributed by atoms with Crippen LogP contribution in [-0.2, 0) is 4.79 Å². The Morgan fingerprint density at radius 3 is 2.43 bits per heavy atom. The lowest BCUT2D eigenvalue weighted by atomic mass is 10.1. The number of amides is 1. The van der Waals surface area contributed by atoms with E-state index in [1.165, 1.54) is 12.8 Å². The minimum Gasteiger partial charge on any atom is -0.374 e. The summed E-state index contributed by atoms with van der Waals surface area (Å²) in [6.45, 7) is 5.15. The van der Waals surface area contributed by atoms with E-state index in [1.54, 1.807) is 19.1 Å². The SMILES string of the molecule is CC(=O)c1cccc(N[C@@H](C)C(=O)N2CCCCCC2)c1. The topological polar surface area (TPSA) is 49.4 Å². The van der Waals surface area contributed by atoms with Gasteiger partial charge in [-0.05, 0) is 38.8 Å². The van der Waals surface area contributed by atoms with Gasteiger partial charge in [0.15, 0.2) is 5.78 Å². The van der Waals surface area contributed by atoms with Crippen LogP contribution in [0.15, 0.2) is 24.3 Å². The van der Waals surface area contributed by atoms with Crippen LogP contribution >= 0.6 is 0 Å². The summed E-state index contributed by atoms with van der Waals surface area (Å²) in [7, 11) is 0. The summed E-state index contributed by atoms with van der Waals surface area (Å²) in [4.78, 5) is 25.8. The van der Waals surface area contributed by atoms with Crippen LogP contribution in [-0.4, -0.2) is 35.7 Å². The van der Waals surface area contributed by atoms with Crippen LogP contribution in [0.25, 0.3) is 0 Å². The minimum absolute atomic E-state index is 0.0325. The van der Waals surface area contributed by atoms with Crippen molar-refractivity contribution in [2.75, 3.05) is 18.4 Å². The van der Waals surface area contributed by atoms with Gasteiger partial charge in [-0.3, -0.25) is 9.59 Å². The number of hydrogen-bond donors (Lipinski definition) is 1. The molecule has 1 atom stereocenters. The van der Waals surface area contributed by atoms with Gasteiger partial charge in [-0.25, -0.2) is 0 Å². The molecule has 1 heterocycles. The van der Waals surface area contributed by atoms with Gasteiger partial charge in [0.25, 0.3) is 0 Å². The minimum atomic E-state index is -0.273. The van der Waals surface area contributed by atoms with E-state index in [-0.39, 0.29) is 17.7 Å². The maximum Gasteiger partial charge on any atom is 0.244 e. The molecule has 1 fully saturated rings. The van der Waals surface area contributed by atoms with Crippen molar-refractivity contribution in [2.24, 2.45) is 0 Å². The molecule has 0 saturated carbocycles. The van der Waals surface area contributed by atoms with Crippen molar-refractivity contribution in [3.05, 3.63) is 29.8 Å². The fourth-order valence-corrected chi connectivity index (χ4v) is 2.70. The molecular formula is C17H24N2O2. The molecule has 1 amide bonds. The molecule has 1 saturated heterocycles. The standard InChI is InChI=1S/C17H24N2O2/c1-13(17(21)19-10-5-3-4-6-11-19)18-16-9-7-8-15(12-16)14(2)20/h7-9,12-13,18H,3-6,10-11H2,1-2H3/t13-/m0/s1. The highest BCUT2D eigenvalue weighted by Gasteiger charge is 2.21. The normalized spacial score (nSPS) is 17.0. The lowest BCUT2D eigenvalue weighted by molar-refractivity contribution is -0.131. The first kappa shape index (κ1) is 15.5. The van der Waals surface area contributed by atoms with Crippen LogP contribution in [0.2, 0.25) is 0 Å². The summed E-state index contributed by atoms with van der Waals surface area (Å²) in [5.74, 6) is 0.176. The van der Waals surface area contributed by atoms with E-state index in [0.29, 0.717) is 5.56 Å². The molecular weight excluding hydrogens is 264 g/mol. The van der Waals surface area contributed by atoms with Gasteiger partial charge in [0.05, 0.1) is 0 Å². The average Bonchev–Trinajstić information content (AvgIpc) is 2.75. The zero-order valence-electron chi connectivity index (χ0n) is 12.9. The summed E-state index contributed by atoms with van der Waals surface area (Å²) in [5, 5.41) is 3.21. The van der Waals surface area contributed by atoms with Gasteiger partial charge in [-0.1, -0.05) is 25.0 Å². The maximum atomic E-state index is 12.5. The van der Waals surface area contributed by atoms with Crippen LogP contribution in [0.4, 0.5) is 5.69 Å². The zero-order valence-corrected chi connectivity index (χ0v) is 12.9. The molecule has 2 rings (SSSR count). The molecule has 21 heavy (non-hydrogen) atoms. The first-order chi connectivity index (χ1) is 10.1. The van der Waals surface area contributed by atoms with E-state index >= 15 is 0 Å². The van der Waals surface area contributed by atoms with Crippen molar-refractivity contribution in [1.82, 2.24) is 4.90 Å². The van der Waals surface area contributed by atoms with Gasteiger partial charge in [0, 0.05) is 24.3 Å². The van der Waals surface area contributed by atoms with Crippen LogP contribution in [0.3, 0.4) is 0 Å². The molecule has 1 aliphatic rings. The van der Waals surface area contributed by atoms with Crippen LogP contribution < -0.4 is 5.32 Å². The highest BCUT2D eigenvalue weighted by Crippen LogP contribution is 2.15. The van der Waals surface area contributed by atoms with E-state index in [2.05, 4.69) is 5.32 Å². The average molecular weight is 288 g/mol. The predicted octanol–water partition coefficient (Wildman–Crippen LogP) is 3.09. The Morgan fingerprint density at radius 1 is 1.14 bits per heavy atom. The fraction of sp³-hybridized carbons (Fsp3) is 0.529. The molecule has 4 nitrogen and oxygen atoms in total. The molecule has 114 valence electrons. The molecule has 1 aromatic rings. The molecule has 0 spiro atoms. The van der Waals surface area contributed by atoms with Crippen molar-refractivity contribution in [1.29, 1.82) is 0 Å². The summed E-state index contributed by atoms with van der Waals surface area (Å²) in [5.41, 5.74) is 1.48. The summed E-state index contributed by atoms with van der Waals surface area (Å²) < 4.78 is 0. The van der Waals surface area contributed by atoms with E-state index in [9.17, 15) is 9.59 Å². The van der Waals surface area contributed by atoms with Gasteiger partial charge < -0.3 is 10.2 Å². The third kappa shape index (κ3) is 4.31. The lowest BCUT2D eigenvalue weighted by Gasteiger charge is -2.25. The Labute approximate surface area is 126 Å². The van der Waals surface area contributed by atoms with Crippen LogP contribution in [0, 0.1) is 0 Å². The summed E-state index contributed by atoms with van der Waals surface area (Å²) in [6.07, 6.45) is 4.62. The number of ketones is 1. The van der Waals surface area contributed by atoms with Gasteiger partial charge in [-0.15, -0.1) is 0 Å². The highest BCUT2D eigenvalue weighted by molar-refractivity contribution is 5.95. The number of rotatable bonds is 4. The number of Topliss-reactive ketones (excluding diaryl/α,β-unsaturated/α-hetero) is 1. The second-order valence-electron chi connectivity index (χ2n) is 5.74. The molecule has 0 bridgehead atoms. The Bertz CT molecular complexity index is 505. The molecule has 4 heteroatoms. The Balaban J connectivity index is 1.99. The summed E-state index contributed by atoms with van der Waals surface area (Å²) in [6, 6.07) is 7.04. The number of hydrogen-bond acceptors (Lipinski definition) is 3. The maximum absolute atomic E-state index is 12.5. The van der Waals surface area contributed by atoms with Crippen molar-refractivity contribution >= 4 is 17.4 Å². The zero-order chi connectivity index (χ0) is 15.2. The first-order valence-corrected chi connectivity index (χ1v) is 7.74. The predicted molar refractivity (Wildman–Crippen MR) is 84.6 cm³/mol. The monoisotopic (exact) mass is 288 g/mol. The Kier molecular flexibility index (Phi) is 5.37. The second kappa shape index (κ2) is 7.25. The quantitative estimate of drug-likeness (QED) is 0.866. The number of carbonyl (C=O) groups is 2. The fourth-order valence-electron chi connectivity index (χ4n) is 2.70. The largest absolute Gasteiger partial charge is 0.374 e. The first-order valence-electron chi connectivity index (χ1n) is 7.74. The molecule has 0 unspecified atom stereocenters. The smallest absolute Gasteiger partial charge is 0.244 e. The van der Waals surface area contributed by atoms with Crippen molar-refractivity contribution in [3.8, 4) is 0 Å². The van der Waals surface area contributed by atoms with Crippen LogP contribution in [0.5, 0.6) is 0 Å². The van der Waals surface area contributed by atoms with Crippen molar-refractivity contribution < 1.29 is 9.59 Å². The van der Waals surface area contributed by atoms with Gasteiger partial charge in [0.1, 0.15) is 6.04 Å². The number of benzene rings is 1.